The van der Waals surface area contributed by atoms with E-state index in [1.54, 1.807) is 12.1 Å². The summed E-state index contributed by atoms with van der Waals surface area (Å²) in [5.41, 5.74) is 0.639. The van der Waals surface area contributed by atoms with Gasteiger partial charge in [0.2, 0.25) is 0 Å². The molecule has 4 fully saturated rings. The van der Waals surface area contributed by atoms with Crippen molar-refractivity contribution >= 4 is 23.2 Å². The predicted octanol–water partition coefficient (Wildman–Crippen LogP) is 7.00. The van der Waals surface area contributed by atoms with Crippen LogP contribution in [0, 0.1) is 23.7 Å². The van der Waals surface area contributed by atoms with Gasteiger partial charge in [-0.15, -0.1) is 0 Å². The molecule has 0 heterocycles. The van der Waals surface area contributed by atoms with Crippen LogP contribution >= 0.6 is 11.6 Å². The van der Waals surface area contributed by atoms with Crippen LogP contribution < -0.4 is 4.74 Å². The molecule has 0 spiro atoms. The highest BCUT2D eigenvalue weighted by molar-refractivity contribution is 6.31. The molecule has 3 nitrogen and oxygen atoms in total. The van der Waals surface area contributed by atoms with Crippen molar-refractivity contribution in [2.75, 3.05) is 0 Å². The summed E-state index contributed by atoms with van der Waals surface area (Å²) in [5, 5.41) is -0.453. The van der Waals surface area contributed by atoms with Crippen molar-refractivity contribution in [3.63, 3.8) is 0 Å². The van der Waals surface area contributed by atoms with Gasteiger partial charge in [0.25, 0.3) is 0 Å². The highest BCUT2D eigenvalue weighted by atomic mass is 35.5. The quantitative estimate of drug-likeness (QED) is 0.446. The van der Waals surface area contributed by atoms with E-state index >= 15 is 0 Å². The molecule has 0 aromatic heterocycles. The lowest BCUT2D eigenvalue weighted by Gasteiger charge is -2.43. The van der Waals surface area contributed by atoms with Gasteiger partial charge in [0.15, 0.2) is 11.6 Å². The number of carbonyl (C=O) groups excluding carboxylic acids is 2. The van der Waals surface area contributed by atoms with Crippen LogP contribution in [0.2, 0.25) is 5.02 Å². The number of hydrogen-bond donors (Lipinski definition) is 0. The Kier molecular flexibility index (Phi) is 5.55. The topological polar surface area (TPSA) is 43.4 Å². The maximum atomic E-state index is 13.5. The maximum absolute atomic E-state index is 13.5. The molecular weight excluding hydrogens is 453 g/mol. The van der Waals surface area contributed by atoms with E-state index in [0.717, 1.165) is 43.4 Å². The van der Waals surface area contributed by atoms with E-state index in [-0.39, 0.29) is 29.2 Å². The van der Waals surface area contributed by atoms with E-state index in [0.29, 0.717) is 29.6 Å². The number of Topliss-reactive ketones (excluding diaryl/α,β-unsaturated/α-hetero) is 2. The standard InChI is InChI=1S/C26H24ClF3O3/c1-2-13-7-8-16(33-17-9-10-19(20(27)12-17)26(28,29)30)11-18(13)23-24(31)21-14-3-4-15(6-5-14)22(21)25(23)32/h7-12,14-15,21-23H,2-6H2,1H3. The number of benzene rings is 2. The molecule has 174 valence electrons. The fourth-order valence-corrected chi connectivity index (χ4v) is 6.53. The van der Waals surface area contributed by atoms with E-state index in [4.69, 9.17) is 16.3 Å². The average molecular weight is 477 g/mol. The Labute approximate surface area is 195 Å². The molecule has 4 aliphatic rings. The molecule has 0 N–H and O–H groups in total. The molecule has 4 saturated carbocycles. The number of ether oxygens (including phenoxy) is 1. The van der Waals surface area contributed by atoms with Crippen LogP contribution in [0.3, 0.4) is 0 Å². The lowest BCUT2D eigenvalue weighted by molar-refractivity contribution is -0.137. The SMILES string of the molecule is CCc1ccc(Oc2ccc(C(F)(F)F)c(Cl)c2)cc1C1C(=O)C2C3CCC(CC3)C2C1=O. The van der Waals surface area contributed by atoms with Gasteiger partial charge < -0.3 is 4.74 Å². The average Bonchev–Trinajstić information content (AvgIpc) is 3.06. The maximum Gasteiger partial charge on any atom is 0.417 e. The number of aryl methyl sites for hydroxylation is 1. The van der Waals surface area contributed by atoms with Gasteiger partial charge in [-0.3, -0.25) is 9.59 Å². The van der Waals surface area contributed by atoms with Crippen LogP contribution in [0.4, 0.5) is 13.2 Å². The van der Waals surface area contributed by atoms with Crippen LogP contribution in [-0.4, -0.2) is 11.6 Å². The van der Waals surface area contributed by atoms with E-state index in [1.165, 1.54) is 6.07 Å². The van der Waals surface area contributed by atoms with Gasteiger partial charge in [-0.2, -0.15) is 13.2 Å². The fraction of sp³-hybridized carbons (Fsp3) is 0.462. The third kappa shape index (κ3) is 3.76. The van der Waals surface area contributed by atoms with Gasteiger partial charge in [0.05, 0.1) is 10.6 Å². The number of halogens is 4. The first kappa shape index (κ1) is 22.5. The summed E-state index contributed by atoms with van der Waals surface area (Å²) in [6, 6.07) is 8.44. The summed E-state index contributed by atoms with van der Waals surface area (Å²) in [6.45, 7) is 1.97. The minimum atomic E-state index is -4.55. The molecule has 0 radical (unpaired) electrons. The molecule has 2 atom stereocenters. The van der Waals surface area contributed by atoms with E-state index in [1.807, 2.05) is 13.0 Å². The molecule has 2 bridgehead atoms. The minimum Gasteiger partial charge on any atom is -0.457 e. The Morgan fingerprint density at radius 3 is 1.97 bits per heavy atom. The number of ketones is 2. The highest BCUT2D eigenvalue weighted by Gasteiger charge is 2.59. The summed E-state index contributed by atoms with van der Waals surface area (Å²) in [4.78, 5) is 26.9. The molecule has 7 heteroatoms. The lowest BCUT2D eigenvalue weighted by atomic mass is 9.59. The van der Waals surface area contributed by atoms with Gasteiger partial charge in [-0.25, -0.2) is 0 Å². The van der Waals surface area contributed by atoms with Gasteiger partial charge in [0, 0.05) is 17.9 Å². The Morgan fingerprint density at radius 2 is 1.45 bits per heavy atom. The molecular formula is C26H24ClF3O3. The summed E-state index contributed by atoms with van der Waals surface area (Å²) in [6.07, 6.45) is 0.198. The molecule has 0 saturated heterocycles. The number of fused-ring (bicyclic) bond motifs is 2. The second kappa shape index (κ2) is 8.15. The molecule has 33 heavy (non-hydrogen) atoms. The molecule has 4 aliphatic carbocycles. The largest absolute Gasteiger partial charge is 0.457 e. The molecule has 0 amide bonds. The first-order valence-corrected chi connectivity index (χ1v) is 11.8. The van der Waals surface area contributed by atoms with Crippen molar-refractivity contribution in [1.29, 1.82) is 0 Å². The lowest BCUT2D eigenvalue weighted by Crippen LogP contribution is -2.41. The second-order valence-electron chi connectivity index (χ2n) is 9.42. The third-order valence-electron chi connectivity index (χ3n) is 7.74. The van der Waals surface area contributed by atoms with E-state index in [9.17, 15) is 22.8 Å². The Balaban J connectivity index is 1.47. The highest BCUT2D eigenvalue weighted by Crippen LogP contribution is 2.56. The van der Waals surface area contributed by atoms with Crippen LogP contribution in [-0.2, 0) is 22.2 Å². The van der Waals surface area contributed by atoms with Crippen LogP contribution in [0.5, 0.6) is 11.5 Å². The fourth-order valence-electron chi connectivity index (χ4n) is 6.25. The first-order chi connectivity index (χ1) is 15.7. The monoisotopic (exact) mass is 476 g/mol. The van der Waals surface area contributed by atoms with Crippen molar-refractivity contribution in [2.45, 2.75) is 51.1 Å². The van der Waals surface area contributed by atoms with Crippen molar-refractivity contribution < 1.29 is 27.5 Å². The molecule has 0 aliphatic heterocycles. The molecule has 2 unspecified atom stereocenters. The van der Waals surface area contributed by atoms with Crippen LogP contribution in [0.25, 0.3) is 0 Å². The van der Waals surface area contributed by atoms with Crippen molar-refractivity contribution in [1.82, 2.24) is 0 Å². The second-order valence-corrected chi connectivity index (χ2v) is 9.83. The number of rotatable bonds is 4. The van der Waals surface area contributed by atoms with E-state index < -0.39 is 22.7 Å². The summed E-state index contributed by atoms with van der Waals surface area (Å²) < 4.78 is 44.8. The van der Waals surface area contributed by atoms with Crippen LogP contribution in [0.15, 0.2) is 36.4 Å². The van der Waals surface area contributed by atoms with Crippen LogP contribution in [0.1, 0.15) is 55.2 Å². The first-order valence-electron chi connectivity index (χ1n) is 11.4. The Morgan fingerprint density at radius 1 is 0.909 bits per heavy atom. The van der Waals surface area contributed by atoms with Gasteiger partial charge in [0.1, 0.15) is 17.4 Å². The number of carbonyl (C=O) groups is 2. The molecule has 6 rings (SSSR count). The number of hydrogen-bond acceptors (Lipinski definition) is 3. The summed E-state index contributed by atoms with van der Waals surface area (Å²) in [5.74, 6) is 0.0653. The van der Waals surface area contributed by atoms with Gasteiger partial charge >= 0.3 is 6.18 Å². The van der Waals surface area contributed by atoms with Gasteiger partial charge in [-0.05, 0) is 79.3 Å². The number of alkyl halides is 3. The normalized spacial score (nSPS) is 28.8. The van der Waals surface area contributed by atoms with Crippen molar-refractivity contribution in [3.05, 3.63) is 58.1 Å². The molecule has 2 aromatic carbocycles. The minimum absolute atomic E-state index is 0.0313. The zero-order chi connectivity index (χ0) is 23.5. The van der Waals surface area contributed by atoms with Crippen molar-refractivity contribution in [3.8, 4) is 11.5 Å². The molecule has 2 aromatic rings. The van der Waals surface area contributed by atoms with Gasteiger partial charge in [-0.1, -0.05) is 24.6 Å². The third-order valence-corrected chi connectivity index (χ3v) is 8.05. The smallest absolute Gasteiger partial charge is 0.417 e. The zero-order valence-corrected chi connectivity index (χ0v) is 18.9. The summed E-state index contributed by atoms with van der Waals surface area (Å²) >= 11 is 5.81. The Bertz CT molecular complexity index is 1090. The Hall–Kier alpha value is -2.34. The zero-order valence-electron chi connectivity index (χ0n) is 18.1. The predicted molar refractivity (Wildman–Crippen MR) is 118 cm³/mol. The van der Waals surface area contributed by atoms with E-state index in [2.05, 4.69) is 0 Å². The summed E-state index contributed by atoms with van der Waals surface area (Å²) in [7, 11) is 0. The van der Waals surface area contributed by atoms with Crippen molar-refractivity contribution in [2.24, 2.45) is 23.7 Å².